The first-order chi connectivity index (χ1) is 7.45. The van der Waals surface area contributed by atoms with E-state index in [9.17, 15) is 4.39 Å². The molecule has 1 aromatic carbocycles. The van der Waals surface area contributed by atoms with Crippen molar-refractivity contribution in [2.24, 2.45) is 5.73 Å². The summed E-state index contributed by atoms with van der Waals surface area (Å²) in [4.78, 5) is 0. The Morgan fingerprint density at radius 1 is 1.31 bits per heavy atom. The molecule has 3 heteroatoms. The van der Waals surface area contributed by atoms with Gasteiger partial charge in [0.15, 0.2) is 11.4 Å². The molecule has 86 valence electrons. The Morgan fingerprint density at radius 2 is 2.00 bits per heavy atom. The Labute approximate surface area is 94.2 Å². The van der Waals surface area contributed by atoms with Gasteiger partial charge in [-0.05, 0) is 11.5 Å². The second kappa shape index (κ2) is 3.59. The number of hydrogen-bond acceptors (Lipinski definition) is 2. The molecule has 0 fully saturated rings. The van der Waals surface area contributed by atoms with Gasteiger partial charge in [0.05, 0.1) is 6.54 Å². The van der Waals surface area contributed by atoms with E-state index in [1.165, 1.54) is 6.07 Å². The lowest BCUT2D eigenvalue weighted by molar-refractivity contribution is 0.496. The van der Waals surface area contributed by atoms with Crippen LogP contribution < -0.4 is 5.73 Å². The number of halogens is 1. The van der Waals surface area contributed by atoms with Crippen LogP contribution in [0.25, 0.3) is 11.0 Å². The zero-order valence-electron chi connectivity index (χ0n) is 9.80. The highest BCUT2D eigenvalue weighted by atomic mass is 19.1. The first-order valence-electron chi connectivity index (χ1n) is 5.35. The van der Waals surface area contributed by atoms with Crippen LogP contribution in [-0.2, 0) is 12.0 Å². The van der Waals surface area contributed by atoms with E-state index in [-0.39, 0.29) is 11.2 Å². The minimum atomic E-state index is -0.331. The summed E-state index contributed by atoms with van der Waals surface area (Å²) in [6.45, 7) is 6.50. The van der Waals surface area contributed by atoms with Gasteiger partial charge < -0.3 is 10.2 Å². The van der Waals surface area contributed by atoms with Crippen molar-refractivity contribution in [3.63, 3.8) is 0 Å². The Bertz CT molecular complexity index is 522. The molecule has 0 bridgehead atoms. The molecule has 0 aliphatic rings. The number of nitrogens with two attached hydrogens (primary N) is 1. The number of benzene rings is 1. The summed E-state index contributed by atoms with van der Waals surface area (Å²) < 4.78 is 19.1. The molecule has 0 saturated heterocycles. The van der Waals surface area contributed by atoms with Gasteiger partial charge >= 0.3 is 0 Å². The van der Waals surface area contributed by atoms with Crippen LogP contribution in [0.5, 0.6) is 0 Å². The van der Waals surface area contributed by atoms with E-state index in [2.05, 4.69) is 20.8 Å². The van der Waals surface area contributed by atoms with E-state index in [4.69, 9.17) is 10.2 Å². The third kappa shape index (κ3) is 1.61. The van der Waals surface area contributed by atoms with E-state index < -0.39 is 0 Å². The van der Waals surface area contributed by atoms with Gasteiger partial charge in [-0.15, -0.1) is 0 Å². The van der Waals surface area contributed by atoms with Crippen LogP contribution in [0.4, 0.5) is 4.39 Å². The molecule has 0 unspecified atom stereocenters. The van der Waals surface area contributed by atoms with Crippen LogP contribution >= 0.6 is 0 Å². The topological polar surface area (TPSA) is 39.2 Å². The summed E-state index contributed by atoms with van der Waals surface area (Å²) in [6, 6.07) is 4.98. The highest BCUT2D eigenvalue weighted by Crippen LogP contribution is 2.36. The van der Waals surface area contributed by atoms with Crippen molar-refractivity contribution in [3.8, 4) is 0 Å². The third-order valence-electron chi connectivity index (χ3n) is 2.68. The lowest BCUT2D eigenvalue weighted by atomic mass is 9.85. The number of fused-ring (bicyclic) bond motifs is 1. The zero-order valence-corrected chi connectivity index (χ0v) is 9.80. The van der Waals surface area contributed by atoms with Gasteiger partial charge in [0.2, 0.25) is 0 Å². The van der Waals surface area contributed by atoms with Crippen molar-refractivity contribution in [1.29, 1.82) is 0 Å². The molecule has 2 rings (SSSR count). The molecule has 0 saturated carbocycles. The van der Waals surface area contributed by atoms with Crippen molar-refractivity contribution >= 4 is 11.0 Å². The van der Waals surface area contributed by atoms with Crippen LogP contribution in [-0.4, -0.2) is 0 Å². The van der Waals surface area contributed by atoms with Gasteiger partial charge in [-0.1, -0.05) is 32.9 Å². The minimum Gasteiger partial charge on any atom is -0.456 e. The van der Waals surface area contributed by atoms with Crippen LogP contribution in [0.1, 0.15) is 32.1 Å². The summed E-state index contributed by atoms with van der Waals surface area (Å²) in [7, 11) is 0. The second-order valence-corrected chi connectivity index (χ2v) is 4.97. The summed E-state index contributed by atoms with van der Waals surface area (Å²) >= 11 is 0. The molecule has 0 amide bonds. The van der Waals surface area contributed by atoms with Gasteiger partial charge in [-0.25, -0.2) is 4.39 Å². The predicted molar refractivity (Wildman–Crippen MR) is 62.8 cm³/mol. The normalized spacial score (nSPS) is 12.3. The molecule has 0 aliphatic carbocycles. The summed E-state index contributed by atoms with van der Waals surface area (Å²) in [5.74, 6) is 0.343. The molecule has 16 heavy (non-hydrogen) atoms. The maximum Gasteiger partial charge on any atom is 0.170 e. The van der Waals surface area contributed by atoms with Gasteiger partial charge in [0.1, 0.15) is 5.76 Å². The first kappa shape index (κ1) is 11.1. The highest BCUT2D eigenvalue weighted by molar-refractivity contribution is 5.83. The molecule has 2 nitrogen and oxygen atoms in total. The molecular weight excluding hydrogens is 205 g/mol. The number of para-hydroxylation sites is 1. The number of rotatable bonds is 1. The Hall–Kier alpha value is -1.35. The van der Waals surface area contributed by atoms with Gasteiger partial charge in [-0.2, -0.15) is 0 Å². The smallest absolute Gasteiger partial charge is 0.170 e. The monoisotopic (exact) mass is 221 g/mol. The maximum absolute atomic E-state index is 13.6. The molecule has 2 N–H and O–H groups in total. The number of furan rings is 1. The quantitative estimate of drug-likeness (QED) is 0.802. The number of hydrogen-bond donors (Lipinski definition) is 1. The summed E-state index contributed by atoms with van der Waals surface area (Å²) in [5.41, 5.74) is 6.86. The second-order valence-electron chi connectivity index (χ2n) is 4.97. The van der Waals surface area contributed by atoms with Crippen molar-refractivity contribution in [3.05, 3.63) is 35.3 Å². The van der Waals surface area contributed by atoms with Crippen molar-refractivity contribution in [1.82, 2.24) is 0 Å². The van der Waals surface area contributed by atoms with Gasteiger partial charge in [0.25, 0.3) is 0 Å². The van der Waals surface area contributed by atoms with Crippen LogP contribution in [0, 0.1) is 5.82 Å². The molecular formula is C13H16FNO. The largest absolute Gasteiger partial charge is 0.456 e. The molecule has 2 aromatic rings. The summed E-state index contributed by atoms with van der Waals surface area (Å²) in [5, 5.41) is 0.827. The van der Waals surface area contributed by atoms with Gasteiger partial charge in [-0.3, -0.25) is 0 Å². The van der Waals surface area contributed by atoms with Crippen molar-refractivity contribution in [2.75, 3.05) is 0 Å². The molecule has 0 spiro atoms. The van der Waals surface area contributed by atoms with Crippen LogP contribution in [0.2, 0.25) is 0 Å². The lowest BCUT2D eigenvalue weighted by Crippen LogP contribution is -2.14. The predicted octanol–water partition coefficient (Wildman–Crippen LogP) is 3.33. The fourth-order valence-corrected chi connectivity index (χ4v) is 2.10. The third-order valence-corrected chi connectivity index (χ3v) is 2.68. The molecule has 0 atom stereocenters. The highest BCUT2D eigenvalue weighted by Gasteiger charge is 2.25. The fourth-order valence-electron chi connectivity index (χ4n) is 2.10. The van der Waals surface area contributed by atoms with E-state index in [0.717, 1.165) is 10.9 Å². The Morgan fingerprint density at radius 3 is 2.56 bits per heavy atom. The van der Waals surface area contributed by atoms with E-state index in [1.54, 1.807) is 6.07 Å². The molecule has 1 aromatic heterocycles. The van der Waals surface area contributed by atoms with Crippen LogP contribution in [0.15, 0.2) is 22.6 Å². The average molecular weight is 221 g/mol. The van der Waals surface area contributed by atoms with E-state index in [0.29, 0.717) is 17.9 Å². The molecule has 0 aliphatic heterocycles. The fraction of sp³-hybridized carbons (Fsp3) is 0.385. The minimum absolute atomic E-state index is 0.103. The average Bonchev–Trinajstić information content (AvgIpc) is 2.57. The van der Waals surface area contributed by atoms with Gasteiger partial charge in [0, 0.05) is 10.9 Å². The standard InChI is InChI=1S/C13H16FNO/c1-13(2,3)11-8-5-4-6-9(14)12(8)16-10(11)7-15/h4-6H,7,15H2,1-3H3. The molecule has 0 radical (unpaired) electrons. The van der Waals surface area contributed by atoms with Crippen molar-refractivity contribution in [2.45, 2.75) is 32.7 Å². The van der Waals surface area contributed by atoms with Crippen LogP contribution in [0.3, 0.4) is 0 Å². The van der Waals surface area contributed by atoms with E-state index in [1.807, 2.05) is 6.07 Å². The Balaban J connectivity index is 2.84. The molecule has 1 heterocycles. The Kier molecular flexibility index (Phi) is 2.50. The van der Waals surface area contributed by atoms with Crippen molar-refractivity contribution < 1.29 is 8.81 Å². The lowest BCUT2D eigenvalue weighted by Gasteiger charge is -2.18. The SMILES string of the molecule is CC(C)(C)c1c(CN)oc2c(F)cccc12. The van der Waals surface area contributed by atoms with E-state index >= 15 is 0 Å². The zero-order chi connectivity index (χ0) is 11.9. The summed E-state index contributed by atoms with van der Waals surface area (Å²) in [6.07, 6.45) is 0. The first-order valence-corrected chi connectivity index (χ1v) is 5.35. The maximum atomic E-state index is 13.6.